The van der Waals surface area contributed by atoms with E-state index < -0.39 is 5.60 Å². The van der Waals surface area contributed by atoms with Crippen LogP contribution in [0.15, 0.2) is 4.47 Å². The molecule has 4 nitrogen and oxygen atoms in total. The van der Waals surface area contributed by atoms with Crippen LogP contribution in [0.4, 0.5) is 0 Å². The van der Waals surface area contributed by atoms with Crippen molar-refractivity contribution in [3.8, 4) is 0 Å². The van der Waals surface area contributed by atoms with Gasteiger partial charge in [-0.15, -0.1) is 0 Å². The first kappa shape index (κ1) is 16.0. The summed E-state index contributed by atoms with van der Waals surface area (Å²) in [4.78, 5) is 0. The monoisotopic (exact) mass is 344 g/mol. The lowest BCUT2D eigenvalue weighted by Crippen LogP contribution is -2.43. The lowest BCUT2D eigenvalue weighted by atomic mass is 9.85. The SMILES string of the molecule is CCCC1CC(O)(Cc2c(Br)c(C)nn2CC)CCO1. The number of hydrogen-bond acceptors (Lipinski definition) is 3. The van der Waals surface area contributed by atoms with Crippen molar-refractivity contribution in [3.63, 3.8) is 0 Å². The Hall–Kier alpha value is -0.390. The number of aryl methyl sites for hydroxylation is 2. The first-order valence-electron chi connectivity index (χ1n) is 7.55. The summed E-state index contributed by atoms with van der Waals surface area (Å²) in [5.41, 5.74) is 1.42. The van der Waals surface area contributed by atoms with Crippen LogP contribution in [0, 0.1) is 6.92 Å². The van der Waals surface area contributed by atoms with Gasteiger partial charge in [0.05, 0.1) is 27.6 Å². The second kappa shape index (κ2) is 6.58. The molecule has 0 aliphatic carbocycles. The van der Waals surface area contributed by atoms with Gasteiger partial charge < -0.3 is 9.84 Å². The number of aromatic nitrogens is 2. The third-order valence-electron chi connectivity index (χ3n) is 4.09. The van der Waals surface area contributed by atoms with Crippen molar-refractivity contribution < 1.29 is 9.84 Å². The van der Waals surface area contributed by atoms with E-state index in [1.165, 1.54) is 0 Å². The van der Waals surface area contributed by atoms with Crippen molar-refractivity contribution in [1.29, 1.82) is 0 Å². The first-order valence-corrected chi connectivity index (χ1v) is 8.34. The van der Waals surface area contributed by atoms with Crippen molar-refractivity contribution in [2.24, 2.45) is 0 Å². The highest BCUT2D eigenvalue weighted by Gasteiger charge is 2.36. The van der Waals surface area contributed by atoms with Gasteiger partial charge in [-0.2, -0.15) is 5.10 Å². The number of ether oxygens (including phenoxy) is 1. The van der Waals surface area contributed by atoms with Crippen LogP contribution in [0.5, 0.6) is 0 Å². The van der Waals surface area contributed by atoms with Gasteiger partial charge in [-0.05, 0) is 42.6 Å². The van der Waals surface area contributed by atoms with Crippen LogP contribution in [0.1, 0.15) is 50.9 Å². The van der Waals surface area contributed by atoms with E-state index in [1.807, 2.05) is 11.6 Å². The van der Waals surface area contributed by atoms with Crippen LogP contribution < -0.4 is 0 Å². The van der Waals surface area contributed by atoms with Crippen LogP contribution in [-0.4, -0.2) is 33.2 Å². The molecule has 1 aromatic heterocycles. The number of nitrogens with zero attached hydrogens (tertiary/aromatic N) is 2. The summed E-state index contributed by atoms with van der Waals surface area (Å²) in [6.45, 7) is 7.71. The molecular formula is C15H25BrN2O2. The zero-order valence-corrected chi connectivity index (χ0v) is 14.2. The van der Waals surface area contributed by atoms with Gasteiger partial charge in [0.25, 0.3) is 0 Å². The Kier molecular flexibility index (Phi) is 5.26. The molecule has 0 saturated carbocycles. The molecule has 5 heteroatoms. The summed E-state index contributed by atoms with van der Waals surface area (Å²) in [5, 5.41) is 15.4. The average Bonchev–Trinajstić information content (AvgIpc) is 2.66. The van der Waals surface area contributed by atoms with Crippen LogP contribution in [0.25, 0.3) is 0 Å². The van der Waals surface area contributed by atoms with Crippen molar-refractivity contribution in [1.82, 2.24) is 9.78 Å². The smallest absolute Gasteiger partial charge is 0.0749 e. The van der Waals surface area contributed by atoms with E-state index in [0.717, 1.165) is 41.7 Å². The van der Waals surface area contributed by atoms with Crippen molar-refractivity contribution in [2.45, 2.75) is 71.1 Å². The number of rotatable bonds is 5. The van der Waals surface area contributed by atoms with Gasteiger partial charge in [-0.1, -0.05) is 13.3 Å². The van der Waals surface area contributed by atoms with Crippen molar-refractivity contribution in [3.05, 3.63) is 15.9 Å². The molecular weight excluding hydrogens is 320 g/mol. The molecule has 0 aromatic carbocycles. The molecule has 114 valence electrons. The molecule has 2 atom stereocenters. The fourth-order valence-electron chi connectivity index (χ4n) is 3.02. The lowest BCUT2D eigenvalue weighted by Gasteiger charge is -2.37. The maximum absolute atomic E-state index is 10.9. The fraction of sp³-hybridized carbons (Fsp3) is 0.800. The van der Waals surface area contributed by atoms with E-state index in [1.54, 1.807) is 0 Å². The van der Waals surface area contributed by atoms with Gasteiger partial charge in [-0.25, -0.2) is 0 Å². The first-order chi connectivity index (χ1) is 9.49. The van der Waals surface area contributed by atoms with Gasteiger partial charge >= 0.3 is 0 Å². The van der Waals surface area contributed by atoms with Crippen LogP contribution in [0.2, 0.25) is 0 Å². The third-order valence-corrected chi connectivity index (χ3v) is 5.12. The zero-order valence-electron chi connectivity index (χ0n) is 12.7. The Balaban J connectivity index is 2.15. The second-order valence-electron chi connectivity index (χ2n) is 5.80. The molecule has 1 aromatic rings. The van der Waals surface area contributed by atoms with E-state index in [0.29, 0.717) is 19.4 Å². The molecule has 1 fully saturated rings. The molecule has 0 amide bonds. The molecule has 1 aliphatic heterocycles. The molecule has 2 heterocycles. The summed E-state index contributed by atoms with van der Waals surface area (Å²) >= 11 is 3.61. The summed E-state index contributed by atoms with van der Waals surface area (Å²) in [6, 6.07) is 0. The summed E-state index contributed by atoms with van der Waals surface area (Å²) in [6.07, 6.45) is 4.38. The van der Waals surface area contributed by atoms with Gasteiger partial charge in [0.1, 0.15) is 0 Å². The predicted octanol–water partition coefficient (Wildman–Crippen LogP) is 3.23. The van der Waals surface area contributed by atoms with Gasteiger partial charge in [0, 0.05) is 26.0 Å². The van der Waals surface area contributed by atoms with Gasteiger partial charge in [0.15, 0.2) is 0 Å². The number of hydrogen-bond donors (Lipinski definition) is 1. The Morgan fingerprint density at radius 3 is 2.90 bits per heavy atom. The highest BCUT2D eigenvalue weighted by Crippen LogP contribution is 2.33. The molecule has 2 rings (SSSR count). The minimum atomic E-state index is -0.667. The van der Waals surface area contributed by atoms with E-state index in [9.17, 15) is 5.11 Å². The van der Waals surface area contributed by atoms with Crippen LogP contribution >= 0.6 is 15.9 Å². The Morgan fingerprint density at radius 2 is 2.25 bits per heavy atom. The fourth-order valence-corrected chi connectivity index (χ4v) is 3.44. The van der Waals surface area contributed by atoms with Gasteiger partial charge in [0.2, 0.25) is 0 Å². The van der Waals surface area contributed by atoms with E-state index in [2.05, 4.69) is 34.9 Å². The summed E-state index contributed by atoms with van der Waals surface area (Å²) in [5.74, 6) is 0. The molecule has 2 unspecified atom stereocenters. The Morgan fingerprint density at radius 1 is 1.50 bits per heavy atom. The average molecular weight is 345 g/mol. The van der Waals surface area contributed by atoms with E-state index in [4.69, 9.17) is 4.74 Å². The minimum absolute atomic E-state index is 0.191. The van der Waals surface area contributed by atoms with Crippen molar-refractivity contribution >= 4 is 15.9 Å². The van der Waals surface area contributed by atoms with Crippen molar-refractivity contribution in [2.75, 3.05) is 6.61 Å². The van der Waals surface area contributed by atoms with Crippen LogP contribution in [-0.2, 0) is 17.7 Å². The molecule has 1 N–H and O–H groups in total. The molecule has 1 saturated heterocycles. The Bertz CT molecular complexity index is 459. The summed E-state index contributed by atoms with van der Waals surface area (Å²) in [7, 11) is 0. The minimum Gasteiger partial charge on any atom is -0.389 e. The van der Waals surface area contributed by atoms with Gasteiger partial charge in [-0.3, -0.25) is 4.68 Å². The standard InChI is InChI=1S/C15H25BrN2O2/c1-4-6-12-9-15(19,7-8-20-12)10-13-14(16)11(3)17-18(13)5-2/h12,19H,4-10H2,1-3H3. The molecule has 1 aliphatic rings. The molecule has 0 bridgehead atoms. The number of aliphatic hydroxyl groups is 1. The molecule has 0 spiro atoms. The number of halogens is 1. The van der Waals surface area contributed by atoms with E-state index in [-0.39, 0.29) is 6.10 Å². The maximum Gasteiger partial charge on any atom is 0.0749 e. The highest BCUT2D eigenvalue weighted by atomic mass is 79.9. The quantitative estimate of drug-likeness (QED) is 0.891. The molecule has 20 heavy (non-hydrogen) atoms. The topological polar surface area (TPSA) is 47.3 Å². The predicted molar refractivity (Wildman–Crippen MR) is 82.9 cm³/mol. The maximum atomic E-state index is 10.9. The normalized spacial score (nSPS) is 26.9. The van der Waals surface area contributed by atoms with Crippen LogP contribution in [0.3, 0.4) is 0 Å². The third kappa shape index (κ3) is 3.43. The van der Waals surface area contributed by atoms with E-state index >= 15 is 0 Å². The largest absolute Gasteiger partial charge is 0.389 e. The summed E-state index contributed by atoms with van der Waals surface area (Å²) < 4.78 is 8.77. The Labute approximate surface area is 129 Å². The highest BCUT2D eigenvalue weighted by molar-refractivity contribution is 9.10. The second-order valence-corrected chi connectivity index (χ2v) is 6.59. The zero-order chi connectivity index (χ0) is 14.8. The molecule has 0 radical (unpaired) electrons. The lowest BCUT2D eigenvalue weighted by molar-refractivity contribution is -0.105.